The van der Waals surface area contributed by atoms with Gasteiger partial charge in [0.2, 0.25) is 0 Å². The number of amides is 1. The first-order valence-corrected chi connectivity index (χ1v) is 7.43. The summed E-state index contributed by atoms with van der Waals surface area (Å²) in [6.07, 6.45) is 0. The zero-order valence-corrected chi connectivity index (χ0v) is 13.2. The van der Waals surface area contributed by atoms with Gasteiger partial charge in [0, 0.05) is 12.6 Å². The maximum Gasteiger partial charge on any atom is 0.258 e. The second kappa shape index (κ2) is 8.53. The van der Waals surface area contributed by atoms with E-state index in [2.05, 4.69) is 5.32 Å². The molecule has 1 N–H and O–H groups in total. The molecule has 0 fully saturated rings. The lowest BCUT2D eigenvalue weighted by molar-refractivity contribution is -0.123. The number of rotatable bonds is 7. The summed E-state index contributed by atoms with van der Waals surface area (Å²) in [4.78, 5) is 11.8. The van der Waals surface area contributed by atoms with E-state index in [4.69, 9.17) is 14.7 Å². The lowest BCUT2D eigenvalue weighted by Crippen LogP contribution is -2.28. The van der Waals surface area contributed by atoms with Crippen LogP contribution in [0.2, 0.25) is 0 Å². The van der Waals surface area contributed by atoms with Crippen molar-refractivity contribution in [3.8, 4) is 17.6 Å². The Morgan fingerprint density at radius 3 is 2.58 bits per heavy atom. The number of carbonyl (C=O) groups excluding carboxylic acids is 1. The van der Waals surface area contributed by atoms with Gasteiger partial charge in [0.05, 0.1) is 18.2 Å². The molecule has 0 heterocycles. The number of nitrogens with zero attached hydrogens (tertiary/aromatic N) is 1. The summed E-state index contributed by atoms with van der Waals surface area (Å²) in [5.41, 5.74) is 1.24. The fourth-order valence-corrected chi connectivity index (χ4v) is 1.96. The first-order valence-electron chi connectivity index (χ1n) is 7.43. The molecule has 2 aromatic rings. The molecule has 0 aliphatic rings. The van der Waals surface area contributed by atoms with E-state index < -0.39 is 0 Å². The molecule has 0 radical (unpaired) electrons. The Labute approximate surface area is 139 Å². The molecule has 0 aliphatic heterocycles. The van der Waals surface area contributed by atoms with Gasteiger partial charge in [0.25, 0.3) is 5.91 Å². The second-order valence-electron chi connectivity index (χ2n) is 4.90. The van der Waals surface area contributed by atoms with Crippen LogP contribution in [0.15, 0.2) is 42.5 Å². The molecule has 0 bridgehead atoms. The van der Waals surface area contributed by atoms with Crippen molar-refractivity contribution in [2.45, 2.75) is 13.5 Å². The SMILES string of the molecule is CCOc1cc(C#N)ccc1OCC(=O)NCc1ccc(F)cc1. The van der Waals surface area contributed by atoms with E-state index in [0.29, 0.717) is 23.7 Å². The van der Waals surface area contributed by atoms with Gasteiger partial charge in [-0.2, -0.15) is 5.26 Å². The molecule has 0 saturated carbocycles. The molecule has 0 spiro atoms. The average Bonchev–Trinajstić information content (AvgIpc) is 2.60. The predicted octanol–water partition coefficient (Wildman–Crippen LogP) is 2.79. The molecular formula is C18H17FN2O3. The van der Waals surface area contributed by atoms with Crippen molar-refractivity contribution in [3.05, 3.63) is 59.4 Å². The first kappa shape index (κ1) is 17.3. The standard InChI is InChI=1S/C18H17FN2O3/c1-2-23-17-9-14(10-20)5-8-16(17)24-12-18(22)21-11-13-3-6-15(19)7-4-13/h3-9H,2,11-12H2,1H3,(H,21,22). The van der Waals surface area contributed by atoms with E-state index in [1.54, 1.807) is 30.3 Å². The average molecular weight is 328 g/mol. The third-order valence-electron chi connectivity index (χ3n) is 3.13. The number of hydrogen-bond donors (Lipinski definition) is 1. The highest BCUT2D eigenvalue weighted by Crippen LogP contribution is 2.28. The van der Waals surface area contributed by atoms with Crippen molar-refractivity contribution in [3.63, 3.8) is 0 Å². The number of halogens is 1. The van der Waals surface area contributed by atoms with Gasteiger partial charge < -0.3 is 14.8 Å². The second-order valence-corrected chi connectivity index (χ2v) is 4.90. The van der Waals surface area contributed by atoms with Crippen LogP contribution in [0.25, 0.3) is 0 Å². The number of benzene rings is 2. The summed E-state index contributed by atoms with van der Waals surface area (Å²) < 4.78 is 23.7. The molecule has 24 heavy (non-hydrogen) atoms. The Bertz CT molecular complexity index is 739. The highest BCUT2D eigenvalue weighted by Gasteiger charge is 2.09. The van der Waals surface area contributed by atoms with E-state index in [1.165, 1.54) is 12.1 Å². The summed E-state index contributed by atoms with van der Waals surface area (Å²) in [5.74, 6) is 0.180. The van der Waals surface area contributed by atoms with Crippen LogP contribution in [0.4, 0.5) is 4.39 Å². The van der Waals surface area contributed by atoms with Gasteiger partial charge >= 0.3 is 0 Å². The number of ether oxygens (including phenoxy) is 2. The summed E-state index contributed by atoms with van der Waals surface area (Å²) in [5, 5.41) is 11.6. The van der Waals surface area contributed by atoms with Crippen LogP contribution in [0.5, 0.6) is 11.5 Å². The van der Waals surface area contributed by atoms with Gasteiger partial charge in [-0.1, -0.05) is 12.1 Å². The molecule has 1 amide bonds. The van der Waals surface area contributed by atoms with Crippen LogP contribution in [0, 0.1) is 17.1 Å². The number of hydrogen-bond acceptors (Lipinski definition) is 4. The smallest absolute Gasteiger partial charge is 0.258 e. The zero-order chi connectivity index (χ0) is 17.4. The van der Waals surface area contributed by atoms with Crippen molar-refractivity contribution < 1.29 is 18.7 Å². The lowest BCUT2D eigenvalue weighted by atomic mass is 10.2. The highest BCUT2D eigenvalue weighted by molar-refractivity contribution is 5.77. The molecule has 0 aromatic heterocycles. The third-order valence-corrected chi connectivity index (χ3v) is 3.13. The largest absolute Gasteiger partial charge is 0.490 e. The van der Waals surface area contributed by atoms with Crippen molar-refractivity contribution in [2.24, 2.45) is 0 Å². The van der Waals surface area contributed by atoms with E-state index in [1.807, 2.05) is 13.0 Å². The minimum atomic E-state index is -0.322. The van der Waals surface area contributed by atoms with Gasteiger partial charge in [-0.3, -0.25) is 4.79 Å². The lowest BCUT2D eigenvalue weighted by Gasteiger charge is -2.12. The molecule has 124 valence electrons. The first-order chi connectivity index (χ1) is 11.6. The van der Waals surface area contributed by atoms with Crippen LogP contribution < -0.4 is 14.8 Å². The molecule has 0 saturated heterocycles. The zero-order valence-electron chi connectivity index (χ0n) is 13.2. The topological polar surface area (TPSA) is 71.3 Å². The Hall–Kier alpha value is -3.07. The van der Waals surface area contributed by atoms with E-state index in [9.17, 15) is 9.18 Å². The quantitative estimate of drug-likeness (QED) is 0.848. The van der Waals surface area contributed by atoms with Crippen LogP contribution in [-0.2, 0) is 11.3 Å². The van der Waals surface area contributed by atoms with Gasteiger partial charge in [-0.25, -0.2) is 4.39 Å². The van der Waals surface area contributed by atoms with Crippen molar-refractivity contribution in [1.82, 2.24) is 5.32 Å². The maximum atomic E-state index is 12.8. The van der Waals surface area contributed by atoms with E-state index in [0.717, 1.165) is 5.56 Å². The minimum absolute atomic E-state index is 0.187. The van der Waals surface area contributed by atoms with E-state index in [-0.39, 0.29) is 24.9 Å². The van der Waals surface area contributed by atoms with Crippen molar-refractivity contribution >= 4 is 5.91 Å². The number of carbonyl (C=O) groups is 1. The summed E-state index contributed by atoms with van der Waals surface area (Å²) in [7, 11) is 0. The fraction of sp³-hybridized carbons (Fsp3) is 0.222. The molecular weight excluding hydrogens is 311 g/mol. The summed E-state index contributed by atoms with van der Waals surface area (Å²) in [6.45, 7) is 2.33. The van der Waals surface area contributed by atoms with Crippen molar-refractivity contribution in [1.29, 1.82) is 5.26 Å². The van der Waals surface area contributed by atoms with Gasteiger partial charge in [-0.15, -0.1) is 0 Å². The molecule has 0 aliphatic carbocycles. The van der Waals surface area contributed by atoms with Crippen LogP contribution in [0.3, 0.4) is 0 Å². The predicted molar refractivity (Wildman–Crippen MR) is 86.1 cm³/mol. The van der Waals surface area contributed by atoms with Gasteiger partial charge in [0.15, 0.2) is 18.1 Å². The third kappa shape index (κ3) is 4.99. The Balaban J connectivity index is 1.89. The van der Waals surface area contributed by atoms with Crippen molar-refractivity contribution in [2.75, 3.05) is 13.2 Å². The Morgan fingerprint density at radius 2 is 1.92 bits per heavy atom. The monoisotopic (exact) mass is 328 g/mol. The molecule has 0 atom stereocenters. The molecule has 0 unspecified atom stereocenters. The normalized spacial score (nSPS) is 9.88. The molecule has 2 aromatic carbocycles. The molecule has 2 rings (SSSR count). The van der Waals surface area contributed by atoms with Crippen LogP contribution in [0.1, 0.15) is 18.1 Å². The highest BCUT2D eigenvalue weighted by atomic mass is 19.1. The summed E-state index contributed by atoms with van der Waals surface area (Å²) >= 11 is 0. The fourth-order valence-electron chi connectivity index (χ4n) is 1.96. The Kier molecular flexibility index (Phi) is 6.15. The Morgan fingerprint density at radius 1 is 1.17 bits per heavy atom. The van der Waals surface area contributed by atoms with Gasteiger partial charge in [-0.05, 0) is 36.8 Å². The van der Waals surface area contributed by atoms with Crippen LogP contribution in [-0.4, -0.2) is 19.1 Å². The van der Waals surface area contributed by atoms with E-state index >= 15 is 0 Å². The molecule has 5 nitrogen and oxygen atoms in total. The van der Waals surface area contributed by atoms with Gasteiger partial charge in [0.1, 0.15) is 5.82 Å². The maximum absolute atomic E-state index is 12.8. The summed E-state index contributed by atoms with van der Waals surface area (Å²) in [6, 6.07) is 12.6. The van der Waals surface area contributed by atoms with Crippen LogP contribution >= 0.6 is 0 Å². The number of nitriles is 1. The minimum Gasteiger partial charge on any atom is -0.490 e. The number of nitrogens with one attached hydrogen (secondary N) is 1. The molecule has 6 heteroatoms.